The Bertz CT molecular complexity index is 380. The first-order valence-electron chi connectivity index (χ1n) is 5.03. The number of carbonyl (C=O) groups is 2. The van der Waals surface area contributed by atoms with Crippen LogP contribution in [-0.4, -0.2) is 30.1 Å². The molecular weight excluding hydrogens is 224 g/mol. The monoisotopic (exact) mass is 238 g/mol. The van der Waals surface area contributed by atoms with E-state index in [9.17, 15) is 9.59 Å². The summed E-state index contributed by atoms with van der Waals surface area (Å²) in [6, 6.07) is 8.96. The van der Waals surface area contributed by atoms with Gasteiger partial charge in [-0.2, -0.15) is 0 Å². The summed E-state index contributed by atoms with van der Waals surface area (Å²) in [5.74, 6) is -2.17. The zero-order valence-electron chi connectivity index (χ0n) is 9.13. The van der Waals surface area contributed by atoms with Crippen molar-refractivity contribution in [1.29, 1.82) is 0 Å². The Kier molecular flexibility index (Phi) is 5.12. The first kappa shape index (κ1) is 13.1. The molecule has 6 heteroatoms. The molecule has 0 aliphatic heterocycles. The maximum absolute atomic E-state index is 11.6. The molecule has 1 aromatic rings. The molecule has 0 bridgehead atoms. The highest BCUT2D eigenvalue weighted by atomic mass is 16.7. The number of nitrogens with one attached hydrogen (secondary N) is 1. The fourth-order valence-electron chi connectivity index (χ4n) is 1.32. The summed E-state index contributed by atoms with van der Waals surface area (Å²) in [6.07, 6.45) is 0. The Hall–Kier alpha value is -1.92. The van der Waals surface area contributed by atoms with E-state index >= 15 is 0 Å². The van der Waals surface area contributed by atoms with Crippen LogP contribution in [0.3, 0.4) is 0 Å². The van der Waals surface area contributed by atoms with Gasteiger partial charge in [0.2, 0.25) is 0 Å². The van der Waals surface area contributed by atoms with Gasteiger partial charge in [0.25, 0.3) is 5.91 Å². The molecule has 0 heterocycles. The molecule has 1 unspecified atom stereocenters. The maximum atomic E-state index is 11.6. The number of aliphatic carboxylic acids is 1. The van der Waals surface area contributed by atoms with Gasteiger partial charge in [-0.1, -0.05) is 30.3 Å². The van der Waals surface area contributed by atoms with Gasteiger partial charge in [-0.05, 0) is 5.56 Å². The normalized spacial score (nSPS) is 11.8. The topological polar surface area (TPSA) is 102 Å². The van der Waals surface area contributed by atoms with Crippen molar-refractivity contribution in [2.75, 3.05) is 13.2 Å². The molecule has 0 aliphatic rings. The van der Waals surface area contributed by atoms with Crippen LogP contribution in [0.5, 0.6) is 0 Å². The Morgan fingerprint density at radius 2 is 2.00 bits per heavy atom. The largest absolute Gasteiger partial charge is 0.479 e. The molecule has 17 heavy (non-hydrogen) atoms. The number of amides is 1. The lowest BCUT2D eigenvalue weighted by Crippen LogP contribution is -2.34. The number of carboxylic acid groups (broad SMARTS) is 1. The van der Waals surface area contributed by atoms with E-state index in [0.717, 1.165) is 5.56 Å². The lowest BCUT2D eigenvalue weighted by Gasteiger charge is -2.14. The van der Waals surface area contributed by atoms with Crippen LogP contribution in [0.15, 0.2) is 30.3 Å². The molecule has 1 rings (SSSR count). The maximum Gasteiger partial charge on any atom is 0.332 e. The number of hydrogen-bond donors (Lipinski definition) is 3. The number of benzene rings is 1. The zero-order chi connectivity index (χ0) is 12.7. The number of rotatable bonds is 6. The van der Waals surface area contributed by atoms with Gasteiger partial charge < -0.3 is 10.8 Å². The number of carbonyl (C=O) groups excluding carboxylic acids is 1. The van der Waals surface area contributed by atoms with Crippen LogP contribution in [0.2, 0.25) is 0 Å². The second-order valence-electron chi connectivity index (χ2n) is 3.35. The summed E-state index contributed by atoms with van der Waals surface area (Å²) in [5, 5.41) is 8.34. The second-order valence-corrected chi connectivity index (χ2v) is 3.35. The summed E-state index contributed by atoms with van der Waals surface area (Å²) in [6.45, 7) is -0.468. The Morgan fingerprint density at radius 1 is 1.35 bits per heavy atom. The van der Waals surface area contributed by atoms with Gasteiger partial charge in [0.05, 0.1) is 5.92 Å². The van der Waals surface area contributed by atoms with Crippen molar-refractivity contribution in [2.45, 2.75) is 5.92 Å². The number of hydroxylamine groups is 1. The van der Waals surface area contributed by atoms with E-state index in [1.54, 1.807) is 24.3 Å². The summed E-state index contributed by atoms with van der Waals surface area (Å²) >= 11 is 0. The van der Waals surface area contributed by atoms with Crippen LogP contribution >= 0.6 is 0 Å². The minimum absolute atomic E-state index is 0.117. The van der Waals surface area contributed by atoms with E-state index in [-0.39, 0.29) is 6.54 Å². The molecule has 1 atom stereocenters. The smallest absolute Gasteiger partial charge is 0.332 e. The number of hydrogen-bond acceptors (Lipinski definition) is 4. The molecule has 0 aromatic heterocycles. The molecule has 1 amide bonds. The second kappa shape index (κ2) is 6.62. The Balaban J connectivity index is 2.56. The quantitative estimate of drug-likeness (QED) is 0.599. The number of nitrogens with two attached hydrogens (primary N) is 1. The third-order valence-electron chi connectivity index (χ3n) is 2.12. The molecule has 0 saturated heterocycles. The van der Waals surface area contributed by atoms with Crippen LogP contribution in [0.25, 0.3) is 0 Å². The third-order valence-corrected chi connectivity index (χ3v) is 2.12. The minimum Gasteiger partial charge on any atom is -0.479 e. The highest BCUT2D eigenvalue weighted by Gasteiger charge is 2.18. The lowest BCUT2D eigenvalue weighted by atomic mass is 9.99. The fourth-order valence-corrected chi connectivity index (χ4v) is 1.32. The highest BCUT2D eigenvalue weighted by molar-refractivity contribution is 5.83. The lowest BCUT2D eigenvalue weighted by molar-refractivity contribution is -0.149. The van der Waals surface area contributed by atoms with Gasteiger partial charge in [-0.3, -0.25) is 9.63 Å². The first-order valence-corrected chi connectivity index (χ1v) is 5.03. The molecule has 0 saturated carbocycles. The van der Waals surface area contributed by atoms with Gasteiger partial charge in [0.15, 0.2) is 6.61 Å². The van der Waals surface area contributed by atoms with Crippen molar-refractivity contribution in [3.8, 4) is 0 Å². The highest BCUT2D eigenvalue weighted by Crippen LogP contribution is 2.13. The SMILES string of the molecule is NCC(C(=O)NOCC(=O)O)c1ccccc1. The van der Waals surface area contributed by atoms with Gasteiger partial charge in [0.1, 0.15) is 0 Å². The van der Waals surface area contributed by atoms with Crippen molar-refractivity contribution in [3.05, 3.63) is 35.9 Å². The van der Waals surface area contributed by atoms with Crippen molar-refractivity contribution >= 4 is 11.9 Å². The summed E-state index contributed by atoms with van der Waals surface area (Å²) in [4.78, 5) is 26.3. The average Bonchev–Trinajstić information content (AvgIpc) is 2.31. The van der Waals surface area contributed by atoms with Crippen molar-refractivity contribution in [2.24, 2.45) is 5.73 Å². The average molecular weight is 238 g/mol. The predicted molar refractivity (Wildman–Crippen MR) is 60.0 cm³/mol. The van der Waals surface area contributed by atoms with Gasteiger partial charge >= 0.3 is 5.97 Å². The van der Waals surface area contributed by atoms with Crippen LogP contribution < -0.4 is 11.2 Å². The van der Waals surface area contributed by atoms with Gasteiger partial charge in [-0.15, -0.1) is 0 Å². The molecule has 0 radical (unpaired) electrons. The van der Waals surface area contributed by atoms with Crippen molar-refractivity contribution in [1.82, 2.24) is 5.48 Å². The van der Waals surface area contributed by atoms with E-state index in [2.05, 4.69) is 10.3 Å². The molecule has 1 aromatic carbocycles. The van der Waals surface area contributed by atoms with Gasteiger partial charge in [-0.25, -0.2) is 10.3 Å². The zero-order valence-corrected chi connectivity index (χ0v) is 9.13. The summed E-state index contributed by atoms with van der Waals surface area (Å²) in [7, 11) is 0. The van der Waals surface area contributed by atoms with Crippen LogP contribution in [0.4, 0.5) is 0 Å². The third kappa shape index (κ3) is 4.21. The van der Waals surface area contributed by atoms with Crippen LogP contribution in [-0.2, 0) is 14.4 Å². The standard InChI is InChI=1S/C11H14N2O4/c12-6-9(8-4-2-1-3-5-8)11(16)13-17-7-10(14)15/h1-5,9H,6-7,12H2,(H,13,16)(H,14,15). The van der Waals surface area contributed by atoms with Crippen molar-refractivity contribution < 1.29 is 19.5 Å². The Labute approximate surface area is 98.3 Å². The van der Waals surface area contributed by atoms with Gasteiger partial charge in [0, 0.05) is 6.54 Å². The molecule has 0 spiro atoms. The summed E-state index contributed by atoms with van der Waals surface area (Å²) < 4.78 is 0. The van der Waals surface area contributed by atoms with E-state index in [0.29, 0.717) is 0 Å². The Morgan fingerprint density at radius 3 is 2.53 bits per heavy atom. The number of carboxylic acids is 1. The van der Waals surface area contributed by atoms with Crippen LogP contribution in [0, 0.1) is 0 Å². The van der Waals surface area contributed by atoms with E-state index in [4.69, 9.17) is 10.8 Å². The predicted octanol–water partition coefficient (Wildman–Crippen LogP) is -0.139. The molecule has 92 valence electrons. The van der Waals surface area contributed by atoms with E-state index in [1.807, 2.05) is 6.07 Å². The summed E-state index contributed by atoms with van der Waals surface area (Å²) in [5.41, 5.74) is 8.32. The molecule has 0 aliphatic carbocycles. The van der Waals surface area contributed by atoms with Crippen LogP contribution in [0.1, 0.15) is 11.5 Å². The van der Waals surface area contributed by atoms with Crippen molar-refractivity contribution in [3.63, 3.8) is 0 Å². The van der Waals surface area contributed by atoms with E-state index in [1.165, 1.54) is 0 Å². The molecular formula is C11H14N2O4. The fraction of sp³-hybridized carbons (Fsp3) is 0.273. The molecule has 0 fully saturated rings. The molecule has 4 N–H and O–H groups in total. The minimum atomic E-state index is -1.16. The molecule has 6 nitrogen and oxygen atoms in total. The van der Waals surface area contributed by atoms with E-state index < -0.39 is 24.4 Å². The first-order chi connectivity index (χ1) is 8.15.